The Balaban J connectivity index is 1.56. The van der Waals surface area contributed by atoms with Gasteiger partial charge in [-0.3, -0.25) is 9.59 Å². The fraction of sp³-hybridized carbons (Fsp3) is 0.407. The number of carbonyl (C=O) groups is 2. The molecule has 0 fully saturated rings. The third-order valence-corrected chi connectivity index (χ3v) is 7.84. The normalized spacial score (nSPS) is 18.7. The van der Waals surface area contributed by atoms with Gasteiger partial charge in [0.25, 0.3) is 5.56 Å². The van der Waals surface area contributed by atoms with Crippen molar-refractivity contribution in [1.82, 2.24) is 14.5 Å². The molecule has 1 amide bonds. The van der Waals surface area contributed by atoms with Crippen LogP contribution in [0.1, 0.15) is 42.5 Å². The number of hydrogen-bond acceptors (Lipinski definition) is 9. The van der Waals surface area contributed by atoms with Gasteiger partial charge in [0, 0.05) is 35.7 Å². The zero-order valence-corrected chi connectivity index (χ0v) is 21.2. The van der Waals surface area contributed by atoms with Gasteiger partial charge in [-0.05, 0) is 37.5 Å². The maximum atomic E-state index is 13.6. The Morgan fingerprint density at radius 3 is 2.63 bits per heavy atom. The summed E-state index contributed by atoms with van der Waals surface area (Å²) in [6.07, 6.45) is 0.569. The van der Waals surface area contributed by atoms with Gasteiger partial charge in [0.1, 0.15) is 6.61 Å². The van der Waals surface area contributed by atoms with Gasteiger partial charge in [-0.1, -0.05) is 6.92 Å². The molecule has 3 aromatic rings. The molecule has 198 valence electrons. The predicted molar refractivity (Wildman–Crippen MR) is 136 cm³/mol. The number of esters is 1. The number of ether oxygens (including phenoxy) is 3. The third-order valence-electron chi connectivity index (χ3n) is 7.84. The maximum Gasteiger partial charge on any atom is 0.343 e. The lowest BCUT2D eigenvalue weighted by Crippen LogP contribution is -2.44. The number of fused-ring (bicyclic) bond motifs is 6. The number of likely N-dealkylation sites (N-methyl/N-ethyl adjacent to an activating group) is 1. The Morgan fingerprint density at radius 2 is 1.92 bits per heavy atom. The highest BCUT2D eigenvalue weighted by atomic mass is 16.7. The number of hydrogen-bond donors (Lipinski definition) is 2. The van der Waals surface area contributed by atoms with Gasteiger partial charge in [0.2, 0.25) is 12.7 Å². The van der Waals surface area contributed by atoms with E-state index < -0.39 is 11.6 Å². The second-order valence-electron chi connectivity index (χ2n) is 9.67. The van der Waals surface area contributed by atoms with Crippen molar-refractivity contribution in [3.8, 4) is 22.9 Å². The van der Waals surface area contributed by atoms with Gasteiger partial charge >= 0.3 is 5.97 Å². The van der Waals surface area contributed by atoms with Gasteiger partial charge in [-0.2, -0.15) is 0 Å². The molecular weight excluding hydrogens is 492 g/mol. The topological polar surface area (TPSA) is 146 Å². The van der Waals surface area contributed by atoms with Crippen LogP contribution in [0.5, 0.6) is 11.5 Å². The molecule has 11 heteroatoms. The molecule has 3 aliphatic rings. The molecule has 5 heterocycles. The van der Waals surface area contributed by atoms with Crippen LogP contribution in [-0.4, -0.2) is 57.9 Å². The average molecular weight is 521 g/mol. The first-order chi connectivity index (χ1) is 18.3. The van der Waals surface area contributed by atoms with Crippen molar-refractivity contribution in [3.63, 3.8) is 0 Å². The number of aliphatic hydroxyl groups is 1. The number of carbonyl (C=O) groups excluding carboxylic acids is 2. The quantitative estimate of drug-likeness (QED) is 0.358. The van der Waals surface area contributed by atoms with E-state index in [0.717, 1.165) is 16.5 Å². The minimum Gasteiger partial charge on any atom is -0.458 e. The second-order valence-corrected chi connectivity index (χ2v) is 9.67. The van der Waals surface area contributed by atoms with Gasteiger partial charge in [0.15, 0.2) is 17.1 Å². The minimum absolute atomic E-state index is 0.0660. The molecule has 38 heavy (non-hydrogen) atoms. The number of rotatable bonds is 6. The van der Waals surface area contributed by atoms with Gasteiger partial charge in [-0.15, -0.1) is 0 Å². The smallest absolute Gasteiger partial charge is 0.343 e. The predicted octanol–water partition coefficient (Wildman–Crippen LogP) is 1.16. The summed E-state index contributed by atoms with van der Waals surface area (Å²) in [4.78, 5) is 45.1. The molecule has 0 saturated carbocycles. The van der Waals surface area contributed by atoms with E-state index in [4.69, 9.17) is 24.9 Å². The zero-order valence-electron chi connectivity index (χ0n) is 21.2. The Bertz CT molecular complexity index is 1580. The molecule has 11 nitrogen and oxygen atoms in total. The van der Waals surface area contributed by atoms with Crippen molar-refractivity contribution in [2.75, 3.05) is 26.4 Å². The number of cyclic esters (lactones) is 1. The average Bonchev–Trinajstić information content (AvgIpc) is 3.54. The first-order valence-corrected chi connectivity index (χ1v) is 12.7. The summed E-state index contributed by atoms with van der Waals surface area (Å²) in [5.74, 6) is 0.279. The maximum absolute atomic E-state index is 13.6. The third kappa shape index (κ3) is 3.42. The lowest BCUT2D eigenvalue weighted by molar-refractivity contribution is -0.172. The van der Waals surface area contributed by atoms with E-state index in [1.54, 1.807) is 22.5 Å². The summed E-state index contributed by atoms with van der Waals surface area (Å²) >= 11 is 0. The van der Waals surface area contributed by atoms with Crippen LogP contribution < -0.4 is 20.8 Å². The first-order valence-electron chi connectivity index (χ1n) is 12.7. The summed E-state index contributed by atoms with van der Waals surface area (Å²) in [6.45, 7) is 4.64. The van der Waals surface area contributed by atoms with Crippen LogP contribution >= 0.6 is 0 Å². The number of amides is 1. The molecule has 3 aliphatic heterocycles. The van der Waals surface area contributed by atoms with Crippen LogP contribution in [0.25, 0.3) is 22.3 Å². The van der Waals surface area contributed by atoms with E-state index in [1.807, 2.05) is 19.1 Å². The molecule has 0 aliphatic carbocycles. The summed E-state index contributed by atoms with van der Waals surface area (Å²) < 4.78 is 18.0. The molecule has 0 saturated heterocycles. The fourth-order valence-corrected chi connectivity index (χ4v) is 5.67. The molecule has 1 atom stereocenters. The zero-order chi connectivity index (χ0) is 26.8. The monoisotopic (exact) mass is 520 g/mol. The lowest BCUT2D eigenvalue weighted by atomic mass is 9.86. The minimum atomic E-state index is -1.90. The van der Waals surface area contributed by atoms with E-state index in [1.165, 1.54) is 0 Å². The molecule has 0 unspecified atom stereocenters. The number of pyridine rings is 2. The van der Waals surface area contributed by atoms with Crippen molar-refractivity contribution >= 4 is 22.8 Å². The van der Waals surface area contributed by atoms with Crippen LogP contribution in [-0.2, 0) is 39.5 Å². The SMILES string of the molecule is CCN(CCc1c2c(nc3cc4c(cc13)OCO4)-c1cc3c(c(=O)n1C2)COC(=O)[C@]3(O)CC)C(=O)CN. The Hall–Kier alpha value is -3.96. The highest BCUT2D eigenvalue weighted by molar-refractivity contribution is 5.91. The Kier molecular flexibility index (Phi) is 5.65. The molecular formula is C27H28N4O7. The van der Waals surface area contributed by atoms with Crippen LogP contribution in [0, 0.1) is 0 Å². The molecule has 0 bridgehead atoms. The molecule has 0 radical (unpaired) electrons. The Labute approximate surface area is 217 Å². The van der Waals surface area contributed by atoms with Crippen molar-refractivity contribution in [3.05, 3.63) is 50.8 Å². The second kappa shape index (κ2) is 8.81. The number of nitrogens with two attached hydrogens (primary N) is 1. The summed E-state index contributed by atoms with van der Waals surface area (Å²) in [7, 11) is 0. The number of aromatic nitrogens is 2. The first kappa shape index (κ1) is 24.4. The molecule has 0 spiro atoms. The summed E-state index contributed by atoms with van der Waals surface area (Å²) in [6, 6.07) is 5.39. The van der Waals surface area contributed by atoms with E-state index in [0.29, 0.717) is 47.9 Å². The Morgan fingerprint density at radius 1 is 1.16 bits per heavy atom. The van der Waals surface area contributed by atoms with Crippen LogP contribution in [0.15, 0.2) is 23.0 Å². The van der Waals surface area contributed by atoms with Crippen molar-refractivity contribution in [2.24, 2.45) is 5.73 Å². The lowest BCUT2D eigenvalue weighted by Gasteiger charge is -2.31. The van der Waals surface area contributed by atoms with Gasteiger partial charge in [0.05, 0.1) is 35.6 Å². The van der Waals surface area contributed by atoms with Gasteiger partial charge < -0.3 is 34.5 Å². The van der Waals surface area contributed by atoms with Crippen LogP contribution in [0.4, 0.5) is 0 Å². The number of nitrogens with zero attached hydrogens (tertiary/aromatic N) is 3. The van der Waals surface area contributed by atoms with E-state index >= 15 is 0 Å². The van der Waals surface area contributed by atoms with Crippen LogP contribution in [0.2, 0.25) is 0 Å². The van der Waals surface area contributed by atoms with E-state index in [9.17, 15) is 19.5 Å². The van der Waals surface area contributed by atoms with Crippen LogP contribution in [0.3, 0.4) is 0 Å². The fourth-order valence-electron chi connectivity index (χ4n) is 5.67. The van der Waals surface area contributed by atoms with Gasteiger partial charge in [-0.25, -0.2) is 9.78 Å². The molecule has 3 N–H and O–H groups in total. The largest absolute Gasteiger partial charge is 0.458 e. The standard InChI is InChI=1S/C27H28N4O7/c1-3-27(35)18-8-20-24-16(11-31(20)25(33)17(18)12-36-26(27)34)14(5-6-30(4-2)23(32)10-28)15-7-21-22(38-13-37-21)9-19(15)29-24/h7-9,35H,3-6,10-13,28H2,1-2H3/t27-/m0/s1. The summed E-state index contributed by atoms with van der Waals surface area (Å²) in [5, 5.41) is 12.0. The molecule has 1 aromatic carbocycles. The van der Waals surface area contributed by atoms with Crippen molar-refractivity contribution in [2.45, 2.75) is 45.4 Å². The highest BCUT2D eigenvalue weighted by Crippen LogP contribution is 2.43. The summed E-state index contributed by atoms with van der Waals surface area (Å²) in [5.41, 5.74) is 7.47. The molecule has 6 rings (SSSR count). The van der Waals surface area contributed by atoms with E-state index in [-0.39, 0.29) is 55.5 Å². The van der Waals surface area contributed by atoms with E-state index in [2.05, 4.69) is 0 Å². The molecule has 2 aromatic heterocycles. The van der Waals surface area contributed by atoms with Crippen molar-refractivity contribution in [1.29, 1.82) is 0 Å². The number of benzene rings is 1. The highest BCUT2D eigenvalue weighted by Gasteiger charge is 2.45. The van der Waals surface area contributed by atoms with Crippen molar-refractivity contribution < 1.29 is 28.9 Å².